The fourth-order valence-electron chi connectivity index (χ4n) is 2.21. The Labute approximate surface area is 156 Å². The smallest absolute Gasteiger partial charge is 0.407 e. The van der Waals surface area contributed by atoms with Gasteiger partial charge in [-0.3, -0.25) is 4.79 Å². The third-order valence-electron chi connectivity index (χ3n) is 3.63. The van der Waals surface area contributed by atoms with E-state index in [0.717, 1.165) is 12.5 Å². The second kappa shape index (κ2) is 14.2. The molecule has 0 aliphatic carbocycles. The summed E-state index contributed by atoms with van der Waals surface area (Å²) in [4.78, 5) is 34.3. The van der Waals surface area contributed by atoms with Crippen LogP contribution in [0.1, 0.15) is 47.0 Å². The molecule has 1 atom stereocenters. The van der Waals surface area contributed by atoms with Crippen LogP contribution in [0.3, 0.4) is 0 Å². The number of hydrogen-bond donors (Lipinski definition) is 1. The van der Waals surface area contributed by atoms with E-state index in [9.17, 15) is 14.4 Å². The topological polar surface area (TPSA) is 90.9 Å². The number of ether oxygens (including phenoxy) is 3. The van der Waals surface area contributed by atoms with Crippen molar-refractivity contribution < 1.29 is 28.6 Å². The van der Waals surface area contributed by atoms with Gasteiger partial charge in [-0.05, 0) is 31.1 Å². The highest BCUT2D eigenvalue weighted by Gasteiger charge is 2.24. The van der Waals surface area contributed by atoms with Crippen molar-refractivity contribution in [3.05, 3.63) is 12.7 Å². The van der Waals surface area contributed by atoms with Gasteiger partial charge in [-0.1, -0.05) is 34.3 Å². The minimum Gasteiger partial charge on any atom is -0.465 e. The Balaban J connectivity index is 3.73. The van der Waals surface area contributed by atoms with Crippen LogP contribution in [0.15, 0.2) is 12.7 Å². The van der Waals surface area contributed by atoms with E-state index in [1.165, 1.54) is 0 Å². The van der Waals surface area contributed by atoms with E-state index in [1.807, 2.05) is 13.8 Å². The molecule has 0 bridgehead atoms. The second-order valence-corrected chi connectivity index (χ2v) is 6.79. The third-order valence-corrected chi connectivity index (χ3v) is 3.63. The summed E-state index contributed by atoms with van der Waals surface area (Å²) in [7, 11) is 0. The minimum absolute atomic E-state index is 0.0588. The standard InChI is InChI=1S/C19H33NO6/c1-6-17(21)24-12-9-20-19(23)26-11-8-7-10-25-18(22)16(15(4)5)13-14(2)3/h6,14-16H,1,7-13H2,2-5H3,(H,20,23). The average Bonchev–Trinajstić information content (AvgIpc) is 2.58. The molecule has 0 radical (unpaired) electrons. The van der Waals surface area contributed by atoms with Crippen molar-refractivity contribution in [1.29, 1.82) is 0 Å². The zero-order valence-corrected chi connectivity index (χ0v) is 16.4. The van der Waals surface area contributed by atoms with Crippen molar-refractivity contribution in [2.45, 2.75) is 47.0 Å². The number of carbonyl (C=O) groups is 3. The van der Waals surface area contributed by atoms with E-state index in [2.05, 4.69) is 25.7 Å². The number of unbranched alkanes of at least 4 members (excludes halogenated alkanes) is 1. The lowest BCUT2D eigenvalue weighted by Gasteiger charge is -2.21. The Morgan fingerprint density at radius 2 is 1.58 bits per heavy atom. The molecule has 0 saturated heterocycles. The van der Waals surface area contributed by atoms with Crippen LogP contribution in [-0.4, -0.2) is 44.4 Å². The van der Waals surface area contributed by atoms with Gasteiger partial charge in [-0.2, -0.15) is 0 Å². The number of esters is 2. The molecule has 150 valence electrons. The largest absolute Gasteiger partial charge is 0.465 e. The molecular weight excluding hydrogens is 338 g/mol. The molecule has 0 aliphatic heterocycles. The maximum absolute atomic E-state index is 12.1. The summed E-state index contributed by atoms with van der Waals surface area (Å²) >= 11 is 0. The van der Waals surface area contributed by atoms with Crippen LogP contribution in [0.5, 0.6) is 0 Å². The summed E-state index contributed by atoms with van der Waals surface area (Å²) < 4.78 is 15.0. The first-order chi connectivity index (χ1) is 12.3. The first kappa shape index (κ1) is 23.9. The van der Waals surface area contributed by atoms with Gasteiger partial charge < -0.3 is 19.5 Å². The third kappa shape index (κ3) is 12.3. The Bertz CT molecular complexity index is 447. The van der Waals surface area contributed by atoms with E-state index >= 15 is 0 Å². The van der Waals surface area contributed by atoms with E-state index in [-0.39, 0.29) is 37.6 Å². The molecule has 1 N–H and O–H groups in total. The van der Waals surface area contributed by atoms with Crippen molar-refractivity contribution in [1.82, 2.24) is 5.32 Å². The number of amides is 1. The zero-order valence-electron chi connectivity index (χ0n) is 16.4. The van der Waals surface area contributed by atoms with Crippen molar-refractivity contribution in [3.63, 3.8) is 0 Å². The van der Waals surface area contributed by atoms with Crippen LogP contribution in [-0.2, 0) is 23.8 Å². The Hall–Kier alpha value is -2.05. The van der Waals surface area contributed by atoms with E-state index in [0.29, 0.717) is 25.4 Å². The first-order valence-electron chi connectivity index (χ1n) is 9.14. The highest BCUT2D eigenvalue weighted by atomic mass is 16.6. The fourth-order valence-corrected chi connectivity index (χ4v) is 2.21. The number of alkyl carbamates (subject to hydrolysis) is 1. The van der Waals surface area contributed by atoms with Crippen molar-refractivity contribution in [3.8, 4) is 0 Å². The predicted molar refractivity (Wildman–Crippen MR) is 98.5 cm³/mol. The van der Waals surface area contributed by atoms with Gasteiger partial charge in [0.05, 0.1) is 25.7 Å². The molecule has 0 saturated carbocycles. The summed E-state index contributed by atoms with van der Waals surface area (Å²) in [5.74, 6) is -0.0682. The lowest BCUT2D eigenvalue weighted by Crippen LogP contribution is -2.28. The number of rotatable bonds is 13. The van der Waals surface area contributed by atoms with Crippen LogP contribution >= 0.6 is 0 Å². The highest BCUT2D eigenvalue weighted by Crippen LogP contribution is 2.21. The summed E-state index contributed by atoms with van der Waals surface area (Å²) in [6, 6.07) is 0. The summed E-state index contributed by atoms with van der Waals surface area (Å²) in [5.41, 5.74) is 0. The lowest BCUT2D eigenvalue weighted by atomic mass is 9.88. The molecule has 0 spiro atoms. The molecule has 0 heterocycles. The molecule has 0 aliphatic rings. The lowest BCUT2D eigenvalue weighted by molar-refractivity contribution is -0.151. The summed E-state index contributed by atoms with van der Waals surface area (Å²) in [6.07, 6.45) is 2.53. The van der Waals surface area contributed by atoms with Gasteiger partial charge in [0.2, 0.25) is 0 Å². The van der Waals surface area contributed by atoms with Crippen LogP contribution < -0.4 is 5.32 Å². The van der Waals surface area contributed by atoms with Crippen molar-refractivity contribution in [2.75, 3.05) is 26.4 Å². The van der Waals surface area contributed by atoms with Crippen LogP contribution in [0.2, 0.25) is 0 Å². The van der Waals surface area contributed by atoms with Crippen molar-refractivity contribution in [2.24, 2.45) is 17.8 Å². The van der Waals surface area contributed by atoms with Gasteiger partial charge in [0.15, 0.2) is 0 Å². The zero-order chi connectivity index (χ0) is 19.9. The van der Waals surface area contributed by atoms with Gasteiger partial charge in [0.25, 0.3) is 0 Å². The second-order valence-electron chi connectivity index (χ2n) is 6.79. The molecular formula is C19H33NO6. The number of hydrogen-bond acceptors (Lipinski definition) is 6. The summed E-state index contributed by atoms with van der Waals surface area (Å²) in [5, 5.41) is 2.46. The van der Waals surface area contributed by atoms with Crippen LogP contribution in [0.25, 0.3) is 0 Å². The molecule has 0 aromatic carbocycles. The van der Waals surface area contributed by atoms with E-state index in [1.54, 1.807) is 0 Å². The molecule has 7 heteroatoms. The fraction of sp³-hybridized carbons (Fsp3) is 0.737. The molecule has 0 aromatic rings. The Morgan fingerprint density at radius 3 is 2.12 bits per heavy atom. The van der Waals surface area contributed by atoms with Gasteiger partial charge in [0.1, 0.15) is 6.61 Å². The van der Waals surface area contributed by atoms with Gasteiger partial charge in [-0.25, -0.2) is 9.59 Å². The first-order valence-corrected chi connectivity index (χ1v) is 9.14. The average molecular weight is 371 g/mol. The monoisotopic (exact) mass is 371 g/mol. The van der Waals surface area contributed by atoms with Crippen LogP contribution in [0.4, 0.5) is 4.79 Å². The number of nitrogens with one attached hydrogen (secondary N) is 1. The maximum Gasteiger partial charge on any atom is 0.407 e. The minimum atomic E-state index is -0.576. The van der Waals surface area contributed by atoms with Gasteiger partial charge in [0, 0.05) is 6.08 Å². The highest BCUT2D eigenvalue weighted by molar-refractivity contribution is 5.81. The molecule has 0 rings (SSSR count). The van der Waals surface area contributed by atoms with E-state index in [4.69, 9.17) is 14.2 Å². The number of carbonyl (C=O) groups excluding carboxylic acids is 3. The Morgan fingerprint density at radius 1 is 0.962 bits per heavy atom. The van der Waals surface area contributed by atoms with Gasteiger partial charge in [-0.15, -0.1) is 0 Å². The molecule has 0 aromatic heterocycles. The quantitative estimate of drug-likeness (QED) is 0.232. The molecule has 1 amide bonds. The molecule has 7 nitrogen and oxygen atoms in total. The molecule has 0 fully saturated rings. The van der Waals surface area contributed by atoms with Gasteiger partial charge >= 0.3 is 18.0 Å². The van der Waals surface area contributed by atoms with Crippen molar-refractivity contribution >= 4 is 18.0 Å². The van der Waals surface area contributed by atoms with E-state index < -0.39 is 12.1 Å². The SMILES string of the molecule is C=CC(=O)OCCNC(=O)OCCCCOC(=O)C(CC(C)C)C(C)C. The predicted octanol–water partition coefficient (Wildman–Crippen LogP) is 3.08. The molecule has 1 unspecified atom stereocenters. The maximum atomic E-state index is 12.1. The Kier molecular flexibility index (Phi) is 13.0. The molecule has 26 heavy (non-hydrogen) atoms. The van der Waals surface area contributed by atoms with Crippen LogP contribution in [0, 0.1) is 17.8 Å². The summed E-state index contributed by atoms with van der Waals surface area (Å²) in [6.45, 7) is 12.3. The normalized spacial score (nSPS) is 11.8.